The highest BCUT2D eigenvalue weighted by Crippen LogP contribution is 2.39. The van der Waals surface area contributed by atoms with E-state index in [1.807, 2.05) is 61.5 Å². The van der Waals surface area contributed by atoms with Crippen LogP contribution >= 0.6 is 0 Å². The number of aliphatic hydroxyl groups is 1. The molecule has 8 heteroatoms. The van der Waals surface area contributed by atoms with E-state index in [0.717, 1.165) is 70.6 Å². The van der Waals surface area contributed by atoms with E-state index in [1.165, 1.54) is 0 Å². The molecule has 0 radical (unpaired) electrons. The first-order chi connectivity index (χ1) is 17.6. The molecule has 0 amide bonds. The van der Waals surface area contributed by atoms with Crippen molar-refractivity contribution < 1.29 is 9.84 Å². The fourth-order valence-corrected chi connectivity index (χ4v) is 4.08. The van der Waals surface area contributed by atoms with Crippen LogP contribution in [0.4, 0.5) is 11.4 Å². The van der Waals surface area contributed by atoms with Crippen molar-refractivity contribution in [1.29, 1.82) is 0 Å². The predicted molar refractivity (Wildman–Crippen MR) is 144 cm³/mol. The number of aliphatic hydroxyl groups excluding tert-OH is 1. The molecular formula is C28H34N6O2. The zero-order valence-electron chi connectivity index (χ0n) is 21.1. The number of ether oxygens (including phenoxy) is 1. The molecule has 0 saturated heterocycles. The van der Waals surface area contributed by atoms with Crippen LogP contribution in [0.25, 0.3) is 22.5 Å². The van der Waals surface area contributed by atoms with E-state index in [1.54, 1.807) is 0 Å². The number of anilines is 2. The second-order valence-electron chi connectivity index (χ2n) is 8.80. The molecule has 0 aliphatic carbocycles. The molecule has 0 aliphatic rings. The van der Waals surface area contributed by atoms with Crippen LogP contribution in [0.5, 0.6) is 5.75 Å². The Morgan fingerprint density at radius 1 is 0.972 bits per heavy atom. The average molecular weight is 487 g/mol. The topological polar surface area (TPSA) is 108 Å². The van der Waals surface area contributed by atoms with Gasteiger partial charge in [0, 0.05) is 11.3 Å². The van der Waals surface area contributed by atoms with E-state index in [2.05, 4.69) is 51.2 Å². The Morgan fingerprint density at radius 2 is 1.75 bits per heavy atom. The summed E-state index contributed by atoms with van der Waals surface area (Å²) in [6.45, 7) is 6.89. The highest BCUT2D eigenvalue weighted by atomic mass is 16.5. The van der Waals surface area contributed by atoms with E-state index < -0.39 is 6.35 Å². The van der Waals surface area contributed by atoms with Crippen LogP contribution in [0.2, 0.25) is 0 Å². The molecule has 188 valence electrons. The van der Waals surface area contributed by atoms with Crippen LogP contribution in [0.3, 0.4) is 0 Å². The largest absolute Gasteiger partial charge is 0.491 e. The summed E-state index contributed by atoms with van der Waals surface area (Å²) in [4.78, 5) is 0. The molecule has 36 heavy (non-hydrogen) atoms. The number of tetrazole rings is 1. The smallest absolute Gasteiger partial charge is 0.205 e. The third-order valence-electron chi connectivity index (χ3n) is 5.89. The Hall–Kier alpha value is -3.91. The summed E-state index contributed by atoms with van der Waals surface area (Å²) >= 11 is 0. The second kappa shape index (κ2) is 12.2. The van der Waals surface area contributed by atoms with Crippen LogP contribution in [-0.4, -0.2) is 38.7 Å². The van der Waals surface area contributed by atoms with Crippen molar-refractivity contribution in [2.24, 2.45) is 0 Å². The molecule has 8 nitrogen and oxygen atoms in total. The van der Waals surface area contributed by atoms with Gasteiger partial charge in [-0.25, -0.2) is 0 Å². The van der Waals surface area contributed by atoms with E-state index in [4.69, 9.17) is 4.74 Å². The van der Waals surface area contributed by atoms with Crippen molar-refractivity contribution in [3.8, 4) is 28.3 Å². The number of aromatic nitrogens is 4. The summed E-state index contributed by atoms with van der Waals surface area (Å²) in [6, 6.07) is 20.1. The zero-order chi connectivity index (χ0) is 25.3. The molecule has 1 aromatic heterocycles. The minimum Gasteiger partial charge on any atom is -0.491 e. The van der Waals surface area contributed by atoms with Crippen molar-refractivity contribution >= 4 is 11.4 Å². The molecule has 4 aromatic rings. The summed E-state index contributed by atoms with van der Waals surface area (Å²) in [5.41, 5.74) is 6.63. The van der Waals surface area contributed by atoms with Gasteiger partial charge in [0.15, 0.2) is 0 Å². The van der Waals surface area contributed by atoms with Gasteiger partial charge in [0.1, 0.15) is 5.75 Å². The van der Waals surface area contributed by atoms with Crippen molar-refractivity contribution in [3.05, 3.63) is 71.8 Å². The SMILES string of the molecule is CCCCc1cc(-c2ccccc2-c2nn[nH]n2)cc(NC(O)Nc2ccc(C)cc2)c1OCCC. The van der Waals surface area contributed by atoms with E-state index in [-0.39, 0.29) is 0 Å². The molecule has 1 heterocycles. The molecule has 0 spiro atoms. The summed E-state index contributed by atoms with van der Waals surface area (Å²) < 4.78 is 6.23. The Kier molecular flexibility index (Phi) is 8.52. The fraction of sp³-hybridized carbons (Fsp3) is 0.321. The molecule has 0 aliphatic heterocycles. The number of aromatic amines is 1. The van der Waals surface area contributed by atoms with Crippen molar-refractivity contribution in [3.63, 3.8) is 0 Å². The monoisotopic (exact) mass is 486 g/mol. The number of unbranched alkanes of at least 4 members (excludes halogenated alkanes) is 1. The summed E-state index contributed by atoms with van der Waals surface area (Å²) in [7, 11) is 0. The first-order valence-corrected chi connectivity index (χ1v) is 12.5. The first kappa shape index (κ1) is 25.2. The normalized spacial score (nSPS) is 11.8. The Balaban J connectivity index is 1.75. The van der Waals surface area contributed by atoms with Gasteiger partial charge in [-0.1, -0.05) is 62.2 Å². The Morgan fingerprint density at radius 3 is 2.44 bits per heavy atom. The summed E-state index contributed by atoms with van der Waals surface area (Å²) in [6.07, 6.45) is 2.83. The second-order valence-corrected chi connectivity index (χ2v) is 8.80. The molecule has 0 bridgehead atoms. The molecular weight excluding hydrogens is 452 g/mol. The summed E-state index contributed by atoms with van der Waals surface area (Å²) in [5, 5.41) is 31.9. The third-order valence-corrected chi connectivity index (χ3v) is 5.89. The van der Waals surface area contributed by atoms with Gasteiger partial charge in [-0.2, -0.15) is 5.21 Å². The Labute approximate surface area is 212 Å². The van der Waals surface area contributed by atoms with Crippen molar-refractivity contribution in [2.45, 2.75) is 52.8 Å². The lowest BCUT2D eigenvalue weighted by atomic mass is 9.94. The van der Waals surface area contributed by atoms with E-state index in [9.17, 15) is 5.11 Å². The fourth-order valence-electron chi connectivity index (χ4n) is 4.08. The minimum absolute atomic E-state index is 0.530. The highest BCUT2D eigenvalue weighted by Gasteiger charge is 2.18. The number of H-pyrrole nitrogens is 1. The predicted octanol–water partition coefficient (Wildman–Crippen LogP) is 5.77. The number of nitrogens with zero attached hydrogens (tertiary/aromatic N) is 3. The minimum atomic E-state index is -1.02. The van der Waals surface area contributed by atoms with Crippen LogP contribution < -0.4 is 15.4 Å². The van der Waals surface area contributed by atoms with Gasteiger partial charge >= 0.3 is 0 Å². The molecule has 4 rings (SSSR count). The number of aryl methyl sites for hydroxylation is 2. The van der Waals surface area contributed by atoms with Gasteiger partial charge in [0.2, 0.25) is 12.2 Å². The van der Waals surface area contributed by atoms with Gasteiger partial charge in [-0.05, 0) is 72.4 Å². The zero-order valence-corrected chi connectivity index (χ0v) is 21.1. The number of hydrogen-bond acceptors (Lipinski definition) is 7. The van der Waals surface area contributed by atoms with E-state index in [0.29, 0.717) is 12.4 Å². The number of rotatable bonds is 12. The highest BCUT2D eigenvalue weighted by molar-refractivity contribution is 5.84. The van der Waals surface area contributed by atoms with Gasteiger partial charge in [-0.3, -0.25) is 0 Å². The van der Waals surface area contributed by atoms with Crippen LogP contribution in [0.15, 0.2) is 60.7 Å². The lowest BCUT2D eigenvalue weighted by Gasteiger charge is -2.23. The number of benzene rings is 3. The number of nitrogens with one attached hydrogen (secondary N) is 3. The van der Waals surface area contributed by atoms with Gasteiger partial charge in [0.05, 0.1) is 12.3 Å². The van der Waals surface area contributed by atoms with Crippen molar-refractivity contribution in [2.75, 3.05) is 17.2 Å². The van der Waals surface area contributed by atoms with Crippen LogP contribution in [-0.2, 0) is 6.42 Å². The molecule has 1 unspecified atom stereocenters. The van der Waals surface area contributed by atoms with Gasteiger partial charge < -0.3 is 20.5 Å². The number of hydrogen-bond donors (Lipinski definition) is 4. The lowest BCUT2D eigenvalue weighted by Crippen LogP contribution is -2.28. The molecule has 0 fully saturated rings. The molecule has 4 N–H and O–H groups in total. The van der Waals surface area contributed by atoms with E-state index >= 15 is 0 Å². The lowest BCUT2D eigenvalue weighted by molar-refractivity contribution is 0.231. The van der Waals surface area contributed by atoms with Crippen molar-refractivity contribution in [1.82, 2.24) is 20.6 Å². The summed E-state index contributed by atoms with van der Waals surface area (Å²) in [5.74, 6) is 1.30. The molecule has 0 saturated carbocycles. The maximum Gasteiger partial charge on any atom is 0.205 e. The Bertz CT molecular complexity index is 1240. The first-order valence-electron chi connectivity index (χ1n) is 12.5. The average Bonchev–Trinajstić information content (AvgIpc) is 3.43. The van der Waals surface area contributed by atoms with Gasteiger partial charge in [0.25, 0.3) is 0 Å². The maximum absolute atomic E-state index is 10.9. The molecule has 1 atom stereocenters. The van der Waals surface area contributed by atoms with Crippen LogP contribution in [0.1, 0.15) is 44.2 Å². The third kappa shape index (κ3) is 6.20. The standard InChI is InChI=1S/C28H34N6O2/c1-4-6-9-20-17-21(23-10-7-8-11-24(23)27-31-33-34-32-27)18-25(26(20)36-16-5-2)30-28(35)29-22-14-12-19(3)13-15-22/h7-8,10-15,17-18,28-30,35H,4-6,9,16H2,1-3H3,(H,31,32,33,34). The molecule has 3 aromatic carbocycles. The maximum atomic E-state index is 10.9. The van der Waals surface area contributed by atoms with Crippen LogP contribution in [0, 0.1) is 6.92 Å². The van der Waals surface area contributed by atoms with Gasteiger partial charge in [-0.15, -0.1) is 10.2 Å². The quantitative estimate of drug-likeness (QED) is 0.188.